The van der Waals surface area contributed by atoms with Crippen molar-refractivity contribution in [3.05, 3.63) is 29.3 Å². The van der Waals surface area contributed by atoms with E-state index in [1.807, 2.05) is 6.92 Å². The molecule has 1 unspecified atom stereocenters. The molecule has 1 atom stereocenters. The summed E-state index contributed by atoms with van der Waals surface area (Å²) >= 11 is 0. The minimum atomic E-state index is -0.289. The normalized spacial score (nSPS) is 28.2. The van der Waals surface area contributed by atoms with Gasteiger partial charge in [0, 0.05) is 12.2 Å². The van der Waals surface area contributed by atoms with Crippen LogP contribution in [0.3, 0.4) is 0 Å². The van der Waals surface area contributed by atoms with Gasteiger partial charge in [0.15, 0.2) is 0 Å². The topological polar surface area (TPSA) is 41.1 Å². The molecular formula is C12H14N2O. The molecule has 0 bridgehead atoms. The summed E-state index contributed by atoms with van der Waals surface area (Å²) in [6, 6.07) is 6.23. The van der Waals surface area contributed by atoms with Crippen LogP contribution in [0.25, 0.3) is 0 Å². The molecule has 0 aromatic heterocycles. The second-order valence-electron chi connectivity index (χ2n) is 4.51. The minimum absolute atomic E-state index is 0.160. The van der Waals surface area contributed by atoms with E-state index in [0.29, 0.717) is 0 Å². The highest BCUT2D eigenvalue weighted by Crippen LogP contribution is 2.41. The van der Waals surface area contributed by atoms with E-state index in [9.17, 15) is 4.79 Å². The Morgan fingerprint density at radius 2 is 2.27 bits per heavy atom. The fraction of sp³-hybridized carbons (Fsp3) is 0.417. The average molecular weight is 202 g/mol. The molecule has 3 rings (SSSR count). The molecule has 78 valence electrons. The molecule has 1 aromatic carbocycles. The lowest BCUT2D eigenvalue weighted by Crippen LogP contribution is -2.36. The molecule has 1 fully saturated rings. The van der Waals surface area contributed by atoms with Gasteiger partial charge in [-0.2, -0.15) is 0 Å². The highest BCUT2D eigenvalue weighted by atomic mass is 16.2. The predicted octanol–water partition coefficient (Wildman–Crippen LogP) is 1.18. The maximum atomic E-state index is 12.0. The molecule has 0 saturated carbocycles. The van der Waals surface area contributed by atoms with Crippen LogP contribution >= 0.6 is 0 Å². The Labute approximate surface area is 88.9 Å². The van der Waals surface area contributed by atoms with Gasteiger partial charge in [0.1, 0.15) is 0 Å². The number of aryl methyl sites for hydroxylation is 1. The van der Waals surface area contributed by atoms with Gasteiger partial charge in [0.05, 0.1) is 5.41 Å². The summed E-state index contributed by atoms with van der Waals surface area (Å²) in [6.07, 6.45) is 0.912. The van der Waals surface area contributed by atoms with E-state index >= 15 is 0 Å². The zero-order valence-corrected chi connectivity index (χ0v) is 8.76. The molecule has 1 saturated heterocycles. The smallest absolute Gasteiger partial charge is 0.236 e. The molecule has 2 aliphatic rings. The first-order chi connectivity index (χ1) is 7.22. The zero-order valence-electron chi connectivity index (χ0n) is 8.76. The van der Waals surface area contributed by atoms with E-state index in [1.54, 1.807) is 0 Å². The van der Waals surface area contributed by atoms with Crippen LogP contribution in [0, 0.1) is 6.92 Å². The van der Waals surface area contributed by atoms with Crippen LogP contribution in [-0.2, 0) is 10.2 Å². The first kappa shape index (κ1) is 8.92. The zero-order chi connectivity index (χ0) is 10.5. The number of carbonyl (C=O) groups is 1. The van der Waals surface area contributed by atoms with Crippen molar-refractivity contribution in [2.45, 2.75) is 18.8 Å². The van der Waals surface area contributed by atoms with Gasteiger partial charge in [0.2, 0.25) is 5.91 Å². The Morgan fingerprint density at radius 1 is 1.40 bits per heavy atom. The molecule has 3 heteroatoms. The molecule has 2 heterocycles. The quantitative estimate of drug-likeness (QED) is 0.663. The summed E-state index contributed by atoms with van der Waals surface area (Å²) in [5, 5.41) is 6.27. The number of hydrogen-bond donors (Lipinski definition) is 2. The van der Waals surface area contributed by atoms with E-state index in [0.717, 1.165) is 25.2 Å². The second kappa shape index (κ2) is 2.83. The summed E-state index contributed by atoms with van der Waals surface area (Å²) < 4.78 is 0. The second-order valence-corrected chi connectivity index (χ2v) is 4.51. The Hall–Kier alpha value is -1.35. The van der Waals surface area contributed by atoms with Crippen molar-refractivity contribution in [2.24, 2.45) is 0 Å². The van der Waals surface area contributed by atoms with Crippen molar-refractivity contribution in [2.75, 3.05) is 18.4 Å². The third-order valence-corrected chi connectivity index (χ3v) is 3.53. The van der Waals surface area contributed by atoms with Crippen molar-refractivity contribution in [1.82, 2.24) is 5.32 Å². The number of nitrogens with one attached hydrogen (secondary N) is 2. The monoisotopic (exact) mass is 202 g/mol. The van der Waals surface area contributed by atoms with Crippen LogP contribution in [0.1, 0.15) is 17.5 Å². The van der Waals surface area contributed by atoms with E-state index in [1.165, 1.54) is 11.1 Å². The van der Waals surface area contributed by atoms with Gasteiger partial charge >= 0.3 is 0 Å². The van der Waals surface area contributed by atoms with Crippen LogP contribution in [-0.4, -0.2) is 19.0 Å². The fourth-order valence-electron chi connectivity index (χ4n) is 2.66. The van der Waals surface area contributed by atoms with Crippen molar-refractivity contribution in [3.63, 3.8) is 0 Å². The van der Waals surface area contributed by atoms with Gasteiger partial charge in [-0.3, -0.25) is 4.79 Å². The molecule has 15 heavy (non-hydrogen) atoms. The molecule has 2 aliphatic heterocycles. The SMILES string of the molecule is Cc1ccc2c(c1)NC(=O)C21CCNC1. The standard InChI is InChI=1S/C12H14N2O/c1-8-2-3-9-10(6-8)14-11(15)12(9)4-5-13-7-12/h2-3,6,13H,4-5,7H2,1H3,(H,14,15). The highest BCUT2D eigenvalue weighted by molar-refractivity contribution is 6.06. The van der Waals surface area contributed by atoms with Gasteiger partial charge in [-0.1, -0.05) is 12.1 Å². The Bertz CT molecular complexity index is 433. The third-order valence-electron chi connectivity index (χ3n) is 3.53. The summed E-state index contributed by atoms with van der Waals surface area (Å²) in [5.41, 5.74) is 3.08. The van der Waals surface area contributed by atoms with E-state index in [2.05, 4.69) is 28.8 Å². The van der Waals surface area contributed by atoms with Crippen molar-refractivity contribution >= 4 is 11.6 Å². The number of carbonyl (C=O) groups excluding carboxylic acids is 1. The number of rotatable bonds is 0. The molecule has 0 aliphatic carbocycles. The molecule has 0 radical (unpaired) electrons. The van der Waals surface area contributed by atoms with Crippen LogP contribution in [0.15, 0.2) is 18.2 Å². The molecule has 3 nitrogen and oxygen atoms in total. The largest absolute Gasteiger partial charge is 0.325 e. The first-order valence-corrected chi connectivity index (χ1v) is 5.36. The molecule has 1 spiro atoms. The number of amides is 1. The van der Waals surface area contributed by atoms with Crippen molar-refractivity contribution < 1.29 is 4.79 Å². The summed E-state index contributed by atoms with van der Waals surface area (Å²) in [7, 11) is 0. The third kappa shape index (κ3) is 1.07. The van der Waals surface area contributed by atoms with Gasteiger partial charge in [-0.15, -0.1) is 0 Å². The van der Waals surface area contributed by atoms with Crippen LogP contribution < -0.4 is 10.6 Å². The van der Waals surface area contributed by atoms with Crippen molar-refractivity contribution in [3.8, 4) is 0 Å². The lowest BCUT2D eigenvalue weighted by molar-refractivity contribution is -0.120. The first-order valence-electron chi connectivity index (χ1n) is 5.36. The number of hydrogen-bond acceptors (Lipinski definition) is 2. The lowest BCUT2D eigenvalue weighted by Gasteiger charge is -2.19. The lowest BCUT2D eigenvalue weighted by atomic mass is 9.81. The van der Waals surface area contributed by atoms with E-state index < -0.39 is 0 Å². The molecular weight excluding hydrogens is 188 g/mol. The number of fused-ring (bicyclic) bond motifs is 2. The maximum Gasteiger partial charge on any atom is 0.236 e. The molecule has 1 aromatic rings. The molecule has 2 N–H and O–H groups in total. The maximum absolute atomic E-state index is 12.0. The van der Waals surface area contributed by atoms with Crippen molar-refractivity contribution in [1.29, 1.82) is 0 Å². The van der Waals surface area contributed by atoms with E-state index in [4.69, 9.17) is 0 Å². The van der Waals surface area contributed by atoms with Gasteiger partial charge < -0.3 is 10.6 Å². The Morgan fingerprint density at radius 3 is 3.00 bits per heavy atom. The summed E-state index contributed by atoms with van der Waals surface area (Å²) in [5.74, 6) is 0.160. The summed E-state index contributed by atoms with van der Waals surface area (Å²) in [6.45, 7) is 3.75. The Balaban J connectivity index is 2.17. The minimum Gasteiger partial charge on any atom is -0.325 e. The van der Waals surface area contributed by atoms with Crippen LogP contribution in [0.4, 0.5) is 5.69 Å². The Kier molecular flexibility index (Phi) is 1.68. The summed E-state index contributed by atoms with van der Waals surface area (Å²) in [4.78, 5) is 12.0. The molecule has 1 amide bonds. The highest BCUT2D eigenvalue weighted by Gasteiger charge is 2.48. The van der Waals surface area contributed by atoms with Gasteiger partial charge in [-0.25, -0.2) is 0 Å². The van der Waals surface area contributed by atoms with Gasteiger partial charge in [0.25, 0.3) is 0 Å². The number of benzene rings is 1. The van der Waals surface area contributed by atoms with E-state index in [-0.39, 0.29) is 11.3 Å². The van der Waals surface area contributed by atoms with Crippen LogP contribution in [0.2, 0.25) is 0 Å². The van der Waals surface area contributed by atoms with Gasteiger partial charge in [-0.05, 0) is 37.1 Å². The number of anilines is 1. The fourth-order valence-corrected chi connectivity index (χ4v) is 2.66. The average Bonchev–Trinajstić information content (AvgIpc) is 2.76. The van der Waals surface area contributed by atoms with Crippen LogP contribution in [0.5, 0.6) is 0 Å². The predicted molar refractivity (Wildman–Crippen MR) is 59.0 cm³/mol.